The van der Waals surface area contributed by atoms with Crippen molar-refractivity contribution in [3.8, 4) is 0 Å². The molecule has 0 spiro atoms. The van der Waals surface area contributed by atoms with Crippen LogP contribution in [0.5, 0.6) is 0 Å². The van der Waals surface area contributed by atoms with Crippen molar-refractivity contribution in [3.05, 3.63) is 28.2 Å². The molecule has 2 saturated carbocycles. The van der Waals surface area contributed by atoms with E-state index in [1.54, 1.807) is 0 Å². The standard InChI is InChI=1S/C16H21BrN2O/c1-10-8-13(6-7-14(10)17)18-9-15(20)19-16(11-2-3-11)12-4-5-12/h6-8,11-12,16,18H,2-5,9H2,1H3,(H,19,20). The van der Waals surface area contributed by atoms with Crippen LogP contribution in [0.1, 0.15) is 31.2 Å². The Morgan fingerprint density at radius 3 is 2.50 bits per heavy atom. The second-order valence-electron chi connectivity index (χ2n) is 6.09. The summed E-state index contributed by atoms with van der Waals surface area (Å²) in [6.45, 7) is 2.41. The third kappa shape index (κ3) is 3.54. The molecular weight excluding hydrogens is 316 g/mol. The highest BCUT2D eigenvalue weighted by Crippen LogP contribution is 2.44. The molecule has 20 heavy (non-hydrogen) atoms. The van der Waals surface area contributed by atoms with E-state index in [4.69, 9.17) is 0 Å². The summed E-state index contributed by atoms with van der Waals surface area (Å²) in [5.41, 5.74) is 2.17. The molecule has 3 rings (SSSR count). The van der Waals surface area contributed by atoms with Crippen LogP contribution >= 0.6 is 15.9 Å². The molecule has 108 valence electrons. The molecule has 2 N–H and O–H groups in total. The number of anilines is 1. The summed E-state index contributed by atoms with van der Waals surface area (Å²) in [6, 6.07) is 6.49. The largest absolute Gasteiger partial charge is 0.376 e. The fourth-order valence-corrected chi connectivity index (χ4v) is 2.95. The summed E-state index contributed by atoms with van der Waals surface area (Å²) in [5.74, 6) is 1.62. The van der Waals surface area contributed by atoms with Crippen molar-refractivity contribution in [2.24, 2.45) is 11.8 Å². The maximum atomic E-state index is 12.1. The van der Waals surface area contributed by atoms with Crippen molar-refractivity contribution in [1.29, 1.82) is 0 Å². The average molecular weight is 337 g/mol. The van der Waals surface area contributed by atoms with E-state index in [-0.39, 0.29) is 5.91 Å². The SMILES string of the molecule is Cc1cc(NCC(=O)NC(C2CC2)C2CC2)ccc1Br. The van der Waals surface area contributed by atoms with E-state index in [1.807, 2.05) is 19.1 Å². The number of nitrogens with one attached hydrogen (secondary N) is 2. The van der Waals surface area contributed by atoms with Gasteiger partial charge in [-0.05, 0) is 68.2 Å². The van der Waals surface area contributed by atoms with Gasteiger partial charge in [-0.25, -0.2) is 0 Å². The number of halogens is 1. The molecule has 0 heterocycles. The monoisotopic (exact) mass is 336 g/mol. The fraction of sp³-hybridized carbons (Fsp3) is 0.562. The molecule has 2 fully saturated rings. The number of hydrogen-bond donors (Lipinski definition) is 2. The summed E-state index contributed by atoms with van der Waals surface area (Å²) in [6.07, 6.45) is 5.17. The lowest BCUT2D eigenvalue weighted by Gasteiger charge is -2.18. The molecule has 3 nitrogen and oxygen atoms in total. The Labute approximate surface area is 128 Å². The molecule has 1 aromatic rings. The molecule has 1 amide bonds. The molecule has 0 aliphatic heterocycles. The van der Waals surface area contributed by atoms with Crippen LogP contribution in [0.3, 0.4) is 0 Å². The van der Waals surface area contributed by atoms with E-state index >= 15 is 0 Å². The van der Waals surface area contributed by atoms with Crippen molar-refractivity contribution < 1.29 is 4.79 Å². The van der Waals surface area contributed by atoms with Gasteiger partial charge in [0.1, 0.15) is 0 Å². The molecule has 0 radical (unpaired) electrons. The van der Waals surface area contributed by atoms with Crippen LogP contribution in [-0.4, -0.2) is 18.5 Å². The van der Waals surface area contributed by atoms with Crippen LogP contribution < -0.4 is 10.6 Å². The molecule has 1 aromatic carbocycles. The predicted octanol–water partition coefficient (Wildman–Crippen LogP) is 3.47. The number of rotatable bonds is 6. The van der Waals surface area contributed by atoms with Crippen LogP contribution in [0, 0.1) is 18.8 Å². The minimum Gasteiger partial charge on any atom is -0.376 e. The average Bonchev–Trinajstić information content (AvgIpc) is 3.28. The van der Waals surface area contributed by atoms with Gasteiger partial charge in [-0.1, -0.05) is 15.9 Å². The first kappa shape index (κ1) is 13.9. The number of benzene rings is 1. The number of aryl methyl sites for hydroxylation is 1. The highest BCUT2D eigenvalue weighted by Gasteiger charge is 2.42. The first-order valence-corrected chi connectivity index (χ1v) is 8.22. The molecule has 0 unspecified atom stereocenters. The van der Waals surface area contributed by atoms with Gasteiger partial charge >= 0.3 is 0 Å². The number of carbonyl (C=O) groups excluding carboxylic acids is 1. The first-order valence-electron chi connectivity index (χ1n) is 7.43. The van der Waals surface area contributed by atoms with Gasteiger partial charge in [0.25, 0.3) is 0 Å². The lowest BCUT2D eigenvalue weighted by Crippen LogP contribution is -2.41. The summed E-state index contributed by atoms with van der Waals surface area (Å²) in [4.78, 5) is 12.1. The van der Waals surface area contributed by atoms with Gasteiger partial charge in [-0.15, -0.1) is 0 Å². The van der Waals surface area contributed by atoms with Crippen molar-refractivity contribution in [1.82, 2.24) is 5.32 Å². The maximum Gasteiger partial charge on any atom is 0.239 e. The molecule has 0 saturated heterocycles. The molecule has 0 atom stereocenters. The third-order valence-corrected chi connectivity index (χ3v) is 5.09. The first-order chi connectivity index (χ1) is 9.63. The number of carbonyl (C=O) groups is 1. The maximum absolute atomic E-state index is 12.1. The Hall–Kier alpha value is -1.03. The zero-order chi connectivity index (χ0) is 14.1. The normalized spacial score (nSPS) is 18.1. The van der Waals surface area contributed by atoms with Crippen LogP contribution in [-0.2, 0) is 4.79 Å². The quantitative estimate of drug-likeness (QED) is 0.835. The molecule has 0 aromatic heterocycles. The van der Waals surface area contributed by atoms with Crippen LogP contribution in [0.15, 0.2) is 22.7 Å². The van der Waals surface area contributed by atoms with Crippen molar-refractivity contribution in [2.75, 3.05) is 11.9 Å². The summed E-state index contributed by atoms with van der Waals surface area (Å²) < 4.78 is 1.09. The summed E-state index contributed by atoms with van der Waals surface area (Å²) in [5, 5.41) is 6.43. The third-order valence-electron chi connectivity index (χ3n) is 4.20. The van der Waals surface area contributed by atoms with E-state index in [0.717, 1.165) is 22.0 Å². The van der Waals surface area contributed by atoms with Gasteiger partial charge in [0.2, 0.25) is 5.91 Å². The van der Waals surface area contributed by atoms with E-state index in [9.17, 15) is 4.79 Å². The highest BCUT2D eigenvalue weighted by molar-refractivity contribution is 9.10. The number of hydrogen-bond acceptors (Lipinski definition) is 2. The lowest BCUT2D eigenvalue weighted by atomic mass is 10.1. The van der Waals surface area contributed by atoms with Gasteiger partial charge < -0.3 is 10.6 Å². The predicted molar refractivity (Wildman–Crippen MR) is 84.7 cm³/mol. The second kappa shape index (κ2) is 5.76. The molecule has 2 aliphatic rings. The van der Waals surface area contributed by atoms with E-state index in [0.29, 0.717) is 12.6 Å². The Balaban J connectivity index is 1.49. The van der Waals surface area contributed by atoms with Gasteiger partial charge in [-0.2, -0.15) is 0 Å². The highest BCUT2D eigenvalue weighted by atomic mass is 79.9. The minimum atomic E-state index is 0.120. The van der Waals surface area contributed by atoms with Gasteiger partial charge in [-0.3, -0.25) is 4.79 Å². The zero-order valence-corrected chi connectivity index (χ0v) is 13.4. The van der Waals surface area contributed by atoms with E-state index in [2.05, 4.69) is 32.6 Å². The zero-order valence-electron chi connectivity index (χ0n) is 11.8. The lowest BCUT2D eigenvalue weighted by molar-refractivity contribution is -0.120. The Kier molecular flexibility index (Phi) is 4.01. The molecule has 4 heteroatoms. The van der Waals surface area contributed by atoms with Gasteiger partial charge in [0.05, 0.1) is 6.54 Å². The van der Waals surface area contributed by atoms with E-state index < -0.39 is 0 Å². The van der Waals surface area contributed by atoms with Gasteiger partial charge in [0.15, 0.2) is 0 Å². The van der Waals surface area contributed by atoms with Crippen molar-refractivity contribution in [3.63, 3.8) is 0 Å². The fourth-order valence-electron chi connectivity index (χ4n) is 2.71. The van der Waals surface area contributed by atoms with Gasteiger partial charge in [0, 0.05) is 16.2 Å². The molecule has 0 bridgehead atoms. The van der Waals surface area contributed by atoms with Crippen molar-refractivity contribution in [2.45, 2.75) is 38.6 Å². The Morgan fingerprint density at radius 1 is 1.30 bits per heavy atom. The van der Waals surface area contributed by atoms with Crippen LogP contribution in [0.4, 0.5) is 5.69 Å². The van der Waals surface area contributed by atoms with E-state index in [1.165, 1.54) is 31.2 Å². The van der Waals surface area contributed by atoms with Crippen molar-refractivity contribution >= 4 is 27.5 Å². The Morgan fingerprint density at radius 2 is 1.95 bits per heavy atom. The minimum absolute atomic E-state index is 0.120. The Bertz CT molecular complexity index is 497. The second-order valence-corrected chi connectivity index (χ2v) is 6.94. The van der Waals surface area contributed by atoms with Crippen LogP contribution in [0.2, 0.25) is 0 Å². The van der Waals surface area contributed by atoms with Crippen LogP contribution in [0.25, 0.3) is 0 Å². The summed E-state index contributed by atoms with van der Waals surface area (Å²) >= 11 is 3.48. The topological polar surface area (TPSA) is 41.1 Å². The smallest absolute Gasteiger partial charge is 0.239 e. The summed E-state index contributed by atoms with van der Waals surface area (Å²) in [7, 11) is 0. The number of amides is 1. The molecular formula is C16H21BrN2O. The molecule has 2 aliphatic carbocycles.